The van der Waals surface area contributed by atoms with Gasteiger partial charge in [0.2, 0.25) is 5.91 Å². The van der Waals surface area contributed by atoms with Crippen molar-refractivity contribution in [2.45, 2.75) is 31.2 Å². The van der Waals surface area contributed by atoms with Crippen LogP contribution in [0.1, 0.15) is 25.7 Å². The van der Waals surface area contributed by atoms with Crippen LogP contribution < -0.4 is 5.32 Å². The molecule has 0 aromatic heterocycles. The highest BCUT2D eigenvalue weighted by Crippen LogP contribution is 2.29. The maximum Gasteiger partial charge on any atom is 0.329 e. The summed E-state index contributed by atoms with van der Waals surface area (Å²) in [6.45, 7) is 0.611. The molecule has 1 fully saturated rings. The van der Waals surface area contributed by atoms with Crippen LogP contribution >= 0.6 is 0 Å². The van der Waals surface area contributed by atoms with E-state index in [4.69, 9.17) is 14.6 Å². The SMILES string of the molecule is COCCOCC(=O)NC1(C(=O)O)CCCC1. The van der Waals surface area contributed by atoms with E-state index in [-0.39, 0.29) is 12.5 Å². The standard InChI is InChI=1S/C11H19NO5/c1-16-6-7-17-8-9(13)12-11(10(14)15)4-2-3-5-11/h2-8H2,1H3,(H,12,13)(H,14,15). The molecule has 1 saturated carbocycles. The minimum absolute atomic E-state index is 0.127. The Morgan fingerprint density at radius 1 is 1.29 bits per heavy atom. The van der Waals surface area contributed by atoms with Crippen molar-refractivity contribution in [1.82, 2.24) is 5.32 Å². The Kier molecular flexibility index (Phi) is 5.37. The number of amides is 1. The molecule has 6 nitrogen and oxygen atoms in total. The van der Waals surface area contributed by atoms with Crippen molar-refractivity contribution in [3.8, 4) is 0 Å². The maximum absolute atomic E-state index is 11.5. The summed E-state index contributed by atoms with van der Waals surface area (Å²) in [5, 5.41) is 11.7. The van der Waals surface area contributed by atoms with Crippen molar-refractivity contribution in [2.24, 2.45) is 0 Å². The van der Waals surface area contributed by atoms with E-state index in [1.54, 1.807) is 7.11 Å². The second kappa shape index (κ2) is 6.56. The number of hydrogen-bond donors (Lipinski definition) is 2. The first-order valence-corrected chi connectivity index (χ1v) is 5.72. The number of ether oxygens (including phenoxy) is 2. The third kappa shape index (κ3) is 3.98. The van der Waals surface area contributed by atoms with Gasteiger partial charge in [-0.25, -0.2) is 4.79 Å². The molecule has 98 valence electrons. The minimum Gasteiger partial charge on any atom is -0.480 e. The fourth-order valence-electron chi connectivity index (χ4n) is 1.98. The van der Waals surface area contributed by atoms with E-state index >= 15 is 0 Å². The molecule has 0 bridgehead atoms. The Morgan fingerprint density at radius 2 is 1.94 bits per heavy atom. The molecule has 1 aliphatic rings. The van der Waals surface area contributed by atoms with Gasteiger partial charge in [-0.3, -0.25) is 4.79 Å². The summed E-state index contributed by atoms with van der Waals surface area (Å²) in [4.78, 5) is 22.7. The Hall–Kier alpha value is -1.14. The lowest BCUT2D eigenvalue weighted by molar-refractivity contribution is -0.148. The van der Waals surface area contributed by atoms with Gasteiger partial charge in [0.1, 0.15) is 12.1 Å². The second-order valence-electron chi connectivity index (χ2n) is 4.19. The van der Waals surface area contributed by atoms with Crippen molar-refractivity contribution >= 4 is 11.9 Å². The van der Waals surface area contributed by atoms with Crippen LogP contribution in [0.4, 0.5) is 0 Å². The van der Waals surface area contributed by atoms with Crippen molar-refractivity contribution in [3.63, 3.8) is 0 Å². The first kappa shape index (κ1) is 13.9. The molecule has 1 rings (SSSR count). The minimum atomic E-state index is -1.08. The fraction of sp³-hybridized carbons (Fsp3) is 0.818. The second-order valence-corrected chi connectivity index (χ2v) is 4.19. The van der Waals surface area contributed by atoms with E-state index in [2.05, 4.69) is 5.32 Å². The average Bonchev–Trinajstić information content (AvgIpc) is 2.74. The molecule has 17 heavy (non-hydrogen) atoms. The predicted molar refractivity (Wildman–Crippen MR) is 59.7 cm³/mol. The average molecular weight is 245 g/mol. The van der Waals surface area contributed by atoms with Crippen molar-refractivity contribution in [2.75, 3.05) is 26.9 Å². The molecule has 1 amide bonds. The summed E-state index contributed by atoms with van der Waals surface area (Å²) in [6, 6.07) is 0. The lowest BCUT2D eigenvalue weighted by Crippen LogP contribution is -2.53. The molecule has 0 atom stereocenters. The number of carbonyl (C=O) groups is 2. The topological polar surface area (TPSA) is 84.9 Å². The summed E-state index contributed by atoms with van der Waals surface area (Å²) >= 11 is 0. The van der Waals surface area contributed by atoms with Gasteiger partial charge in [0.25, 0.3) is 0 Å². The third-order valence-electron chi connectivity index (χ3n) is 2.91. The fourth-order valence-corrected chi connectivity index (χ4v) is 1.98. The largest absolute Gasteiger partial charge is 0.480 e. The monoisotopic (exact) mass is 245 g/mol. The van der Waals surface area contributed by atoms with Crippen LogP contribution in [-0.2, 0) is 19.1 Å². The molecule has 2 N–H and O–H groups in total. The van der Waals surface area contributed by atoms with Crippen LogP contribution in [0.15, 0.2) is 0 Å². The van der Waals surface area contributed by atoms with Gasteiger partial charge in [0, 0.05) is 7.11 Å². The molecule has 0 aromatic carbocycles. The molecule has 0 unspecified atom stereocenters. The number of hydrogen-bond acceptors (Lipinski definition) is 4. The molecular weight excluding hydrogens is 226 g/mol. The van der Waals surface area contributed by atoms with Crippen LogP contribution in [0.25, 0.3) is 0 Å². The molecule has 6 heteroatoms. The highest BCUT2D eigenvalue weighted by molar-refractivity contribution is 5.87. The van der Waals surface area contributed by atoms with E-state index in [9.17, 15) is 9.59 Å². The summed E-state index contributed by atoms with van der Waals surface area (Å²) < 4.78 is 9.81. The van der Waals surface area contributed by atoms with Gasteiger partial charge in [0.15, 0.2) is 0 Å². The Balaban J connectivity index is 2.35. The Labute approximate surface area is 100 Å². The summed E-state index contributed by atoms with van der Waals surface area (Å²) in [7, 11) is 1.54. The molecule has 0 heterocycles. The zero-order chi connectivity index (χ0) is 12.7. The quantitative estimate of drug-likeness (QED) is 0.624. The number of carboxylic acids is 1. The lowest BCUT2D eigenvalue weighted by Gasteiger charge is -2.25. The van der Waals surface area contributed by atoms with E-state index in [0.29, 0.717) is 26.1 Å². The van der Waals surface area contributed by atoms with E-state index < -0.39 is 11.5 Å². The van der Waals surface area contributed by atoms with Crippen LogP contribution in [0.5, 0.6) is 0 Å². The Morgan fingerprint density at radius 3 is 2.47 bits per heavy atom. The highest BCUT2D eigenvalue weighted by Gasteiger charge is 2.42. The lowest BCUT2D eigenvalue weighted by atomic mass is 9.98. The third-order valence-corrected chi connectivity index (χ3v) is 2.91. The van der Waals surface area contributed by atoms with Gasteiger partial charge >= 0.3 is 5.97 Å². The summed E-state index contributed by atoms with van der Waals surface area (Å²) in [6.07, 6.45) is 2.65. The van der Waals surface area contributed by atoms with Gasteiger partial charge in [0.05, 0.1) is 13.2 Å². The molecule has 0 spiro atoms. The van der Waals surface area contributed by atoms with Gasteiger partial charge in [-0.05, 0) is 12.8 Å². The number of nitrogens with one attached hydrogen (secondary N) is 1. The van der Waals surface area contributed by atoms with Gasteiger partial charge < -0.3 is 19.9 Å². The summed E-state index contributed by atoms with van der Waals surface area (Å²) in [5.41, 5.74) is -1.08. The highest BCUT2D eigenvalue weighted by atomic mass is 16.5. The molecular formula is C11H19NO5. The molecule has 1 aliphatic carbocycles. The number of carbonyl (C=O) groups excluding carboxylic acids is 1. The zero-order valence-electron chi connectivity index (χ0n) is 10.0. The number of rotatable bonds is 7. The first-order valence-electron chi connectivity index (χ1n) is 5.72. The van der Waals surface area contributed by atoms with Gasteiger partial charge in [-0.15, -0.1) is 0 Å². The van der Waals surface area contributed by atoms with Crippen LogP contribution in [0.2, 0.25) is 0 Å². The smallest absolute Gasteiger partial charge is 0.329 e. The van der Waals surface area contributed by atoms with E-state index in [0.717, 1.165) is 12.8 Å². The molecule has 0 aliphatic heterocycles. The normalized spacial score (nSPS) is 17.9. The molecule has 0 saturated heterocycles. The molecule has 0 aromatic rings. The van der Waals surface area contributed by atoms with Crippen molar-refractivity contribution < 1.29 is 24.2 Å². The van der Waals surface area contributed by atoms with Crippen LogP contribution in [-0.4, -0.2) is 49.5 Å². The van der Waals surface area contributed by atoms with Crippen molar-refractivity contribution in [3.05, 3.63) is 0 Å². The predicted octanol–water partition coefficient (Wildman–Crippen LogP) is 0.163. The van der Waals surface area contributed by atoms with Crippen molar-refractivity contribution in [1.29, 1.82) is 0 Å². The van der Waals surface area contributed by atoms with Crippen LogP contribution in [0, 0.1) is 0 Å². The van der Waals surface area contributed by atoms with Gasteiger partial charge in [-0.1, -0.05) is 12.8 Å². The maximum atomic E-state index is 11.5. The van der Waals surface area contributed by atoms with Gasteiger partial charge in [-0.2, -0.15) is 0 Å². The molecule has 0 radical (unpaired) electrons. The van der Waals surface area contributed by atoms with Crippen LogP contribution in [0.3, 0.4) is 0 Å². The number of carboxylic acid groups (broad SMARTS) is 1. The zero-order valence-corrected chi connectivity index (χ0v) is 10.0. The summed E-state index contributed by atoms with van der Waals surface area (Å²) in [5.74, 6) is -1.34. The first-order chi connectivity index (χ1) is 8.10. The van der Waals surface area contributed by atoms with E-state index in [1.807, 2.05) is 0 Å². The van der Waals surface area contributed by atoms with E-state index in [1.165, 1.54) is 0 Å². The number of methoxy groups -OCH3 is 1. The Bertz CT molecular complexity index is 273. The number of aliphatic carboxylic acids is 1.